The van der Waals surface area contributed by atoms with Gasteiger partial charge < -0.3 is 25.0 Å². The molecular formula is C24H28ClN3O6S. The third kappa shape index (κ3) is 7.51. The number of nitrogens with zero attached hydrogens (tertiary/aromatic N) is 1. The topological polar surface area (TPSA) is 114 Å². The zero-order valence-electron chi connectivity index (χ0n) is 20.0. The smallest absolute Gasteiger partial charge is 0.308 e. The normalized spacial score (nSPS) is 14.9. The van der Waals surface area contributed by atoms with Gasteiger partial charge in [0.15, 0.2) is 0 Å². The first-order valence-corrected chi connectivity index (χ1v) is 12.2. The van der Waals surface area contributed by atoms with Crippen molar-refractivity contribution in [2.45, 2.75) is 45.8 Å². The summed E-state index contributed by atoms with van der Waals surface area (Å²) in [5.74, 6) is -1.87. The number of carbonyl (C=O) groups is 4. The summed E-state index contributed by atoms with van der Waals surface area (Å²) in [5.41, 5.74) is 1.22. The summed E-state index contributed by atoms with van der Waals surface area (Å²) in [6, 6.07) is 7.06. The summed E-state index contributed by atoms with van der Waals surface area (Å²) in [6.07, 6.45) is -0.354. The first kappa shape index (κ1) is 26.7. The number of aryl methyl sites for hydroxylation is 1. The number of morpholine rings is 1. The average molecular weight is 522 g/mol. The molecule has 1 atom stereocenters. The minimum absolute atomic E-state index is 0.0272. The molecule has 1 aliphatic heterocycles. The van der Waals surface area contributed by atoms with Crippen molar-refractivity contribution >= 4 is 58.0 Å². The van der Waals surface area contributed by atoms with E-state index >= 15 is 0 Å². The number of ether oxygens (including phenoxy) is 2. The van der Waals surface area contributed by atoms with Crippen molar-refractivity contribution in [3.8, 4) is 0 Å². The highest BCUT2D eigenvalue weighted by Crippen LogP contribution is 2.25. The summed E-state index contributed by atoms with van der Waals surface area (Å²) < 4.78 is 10.9. The summed E-state index contributed by atoms with van der Waals surface area (Å²) in [5, 5.41) is 5.34. The van der Waals surface area contributed by atoms with Gasteiger partial charge in [0, 0.05) is 17.9 Å². The third-order valence-electron chi connectivity index (χ3n) is 4.95. The maximum absolute atomic E-state index is 13.1. The number of carbonyl (C=O) groups excluding carboxylic acids is 4. The van der Waals surface area contributed by atoms with Gasteiger partial charge in [0.2, 0.25) is 5.91 Å². The maximum Gasteiger partial charge on any atom is 0.308 e. The molecule has 188 valence electrons. The molecule has 9 nitrogen and oxygen atoms in total. The summed E-state index contributed by atoms with van der Waals surface area (Å²) >= 11 is 6.98. The van der Waals surface area contributed by atoms with Crippen LogP contribution in [-0.4, -0.2) is 55.1 Å². The van der Waals surface area contributed by atoms with Gasteiger partial charge in [-0.25, -0.2) is 0 Å². The Bertz CT molecular complexity index is 1130. The predicted molar refractivity (Wildman–Crippen MR) is 134 cm³/mol. The number of nitrogens with one attached hydrogen (secondary N) is 2. The molecule has 1 aromatic carbocycles. The lowest BCUT2D eigenvalue weighted by Gasteiger charge is -2.28. The SMILES string of the molecule is Cc1cc(NC(=O)C(CC(=O)OC(C)(C)C)NC(=O)c2ccc(Cl)s2)ccc1N1CCOCC1=O. The van der Waals surface area contributed by atoms with Gasteiger partial charge in [-0.15, -0.1) is 11.3 Å². The highest BCUT2D eigenvalue weighted by molar-refractivity contribution is 7.18. The number of hydrogen-bond acceptors (Lipinski definition) is 7. The van der Waals surface area contributed by atoms with E-state index in [2.05, 4.69) is 10.6 Å². The van der Waals surface area contributed by atoms with Crippen molar-refractivity contribution in [2.24, 2.45) is 0 Å². The first-order valence-electron chi connectivity index (χ1n) is 11.0. The van der Waals surface area contributed by atoms with Crippen molar-refractivity contribution in [3.63, 3.8) is 0 Å². The second-order valence-electron chi connectivity index (χ2n) is 9.01. The Balaban J connectivity index is 1.75. The fourth-order valence-electron chi connectivity index (χ4n) is 3.46. The van der Waals surface area contributed by atoms with E-state index in [1.165, 1.54) is 0 Å². The van der Waals surface area contributed by atoms with Gasteiger partial charge in [0.25, 0.3) is 11.8 Å². The molecule has 1 unspecified atom stereocenters. The lowest BCUT2D eigenvalue weighted by Crippen LogP contribution is -2.45. The molecule has 2 aromatic rings. The molecule has 1 fully saturated rings. The number of anilines is 2. The van der Waals surface area contributed by atoms with Crippen LogP contribution in [0.4, 0.5) is 11.4 Å². The van der Waals surface area contributed by atoms with E-state index in [-0.39, 0.29) is 18.9 Å². The molecule has 0 bridgehead atoms. The fourth-order valence-corrected chi connectivity index (χ4v) is 4.41. The van der Waals surface area contributed by atoms with Gasteiger partial charge in [0.1, 0.15) is 18.2 Å². The monoisotopic (exact) mass is 521 g/mol. The van der Waals surface area contributed by atoms with Crippen molar-refractivity contribution in [2.75, 3.05) is 30.0 Å². The maximum atomic E-state index is 13.1. The molecule has 1 saturated heterocycles. The van der Waals surface area contributed by atoms with Crippen LogP contribution < -0.4 is 15.5 Å². The summed E-state index contributed by atoms with van der Waals surface area (Å²) in [4.78, 5) is 52.3. The first-order chi connectivity index (χ1) is 16.4. The molecule has 0 aliphatic carbocycles. The van der Waals surface area contributed by atoms with E-state index in [1.807, 2.05) is 6.92 Å². The van der Waals surface area contributed by atoms with Gasteiger partial charge in [-0.3, -0.25) is 19.2 Å². The van der Waals surface area contributed by atoms with Gasteiger partial charge >= 0.3 is 5.97 Å². The molecule has 2 heterocycles. The molecule has 0 saturated carbocycles. The number of esters is 1. The molecule has 0 spiro atoms. The molecular weight excluding hydrogens is 494 g/mol. The molecule has 1 aliphatic rings. The number of halogens is 1. The van der Waals surface area contributed by atoms with Crippen LogP contribution in [0.15, 0.2) is 30.3 Å². The fraction of sp³-hybridized carbons (Fsp3) is 0.417. The molecule has 3 amide bonds. The lowest BCUT2D eigenvalue weighted by molar-refractivity contribution is -0.156. The molecule has 35 heavy (non-hydrogen) atoms. The third-order valence-corrected chi connectivity index (χ3v) is 6.18. The van der Waals surface area contributed by atoms with E-state index in [4.69, 9.17) is 21.1 Å². The number of rotatable bonds is 7. The van der Waals surface area contributed by atoms with E-state index in [0.29, 0.717) is 28.1 Å². The number of thiophene rings is 1. The Hall–Kier alpha value is -2.95. The van der Waals surface area contributed by atoms with Crippen molar-refractivity contribution in [1.29, 1.82) is 0 Å². The number of hydrogen-bond donors (Lipinski definition) is 2. The molecule has 3 rings (SSSR count). The largest absolute Gasteiger partial charge is 0.460 e. The minimum atomic E-state index is -1.18. The van der Waals surface area contributed by atoms with Crippen molar-refractivity contribution in [1.82, 2.24) is 5.32 Å². The van der Waals surface area contributed by atoms with Gasteiger partial charge in [0.05, 0.1) is 22.2 Å². The Morgan fingerprint density at radius 1 is 1.23 bits per heavy atom. The van der Waals surface area contributed by atoms with Crippen LogP contribution in [0.3, 0.4) is 0 Å². The van der Waals surface area contributed by atoms with E-state index in [9.17, 15) is 19.2 Å². The van der Waals surface area contributed by atoms with E-state index < -0.39 is 29.4 Å². The Labute approximate surface area is 212 Å². The van der Waals surface area contributed by atoms with Crippen LogP contribution in [0, 0.1) is 6.92 Å². The zero-order chi connectivity index (χ0) is 25.8. The highest BCUT2D eigenvalue weighted by Gasteiger charge is 2.28. The summed E-state index contributed by atoms with van der Waals surface area (Å²) in [7, 11) is 0. The predicted octanol–water partition coefficient (Wildman–Crippen LogP) is 3.54. The Morgan fingerprint density at radius 2 is 1.97 bits per heavy atom. The van der Waals surface area contributed by atoms with Gasteiger partial charge in [-0.2, -0.15) is 0 Å². The highest BCUT2D eigenvalue weighted by atomic mass is 35.5. The zero-order valence-corrected chi connectivity index (χ0v) is 21.5. The minimum Gasteiger partial charge on any atom is -0.460 e. The number of amides is 3. The van der Waals surface area contributed by atoms with Gasteiger partial charge in [-0.05, 0) is 63.6 Å². The van der Waals surface area contributed by atoms with Crippen LogP contribution in [-0.2, 0) is 23.9 Å². The van der Waals surface area contributed by atoms with Gasteiger partial charge in [-0.1, -0.05) is 11.6 Å². The van der Waals surface area contributed by atoms with Crippen LogP contribution in [0.25, 0.3) is 0 Å². The quantitative estimate of drug-likeness (QED) is 0.539. The van der Waals surface area contributed by atoms with E-state index in [1.54, 1.807) is 56.0 Å². The van der Waals surface area contributed by atoms with Crippen LogP contribution in [0.1, 0.15) is 42.4 Å². The standard InChI is InChI=1S/C24H28ClN3O6S/c1-14-11-15(5-6-17(14)28-9-10-33-13-20(28)29)26-22(31)16(12-21(30)34-24(2,3)4)27-23(32)18-7-8-19(25)35-18/h5-8,11,16H,9-10,12-13H2,1-4H3,(H,26,31)(H,27,32). The van der Waals surface area contributed by atoms with E-state index in [0.717, 1.165) is 22.6 Å². The lowest BCUT2D eigenvalue weighted by atomic mass is 10.1. The second-order valence-corrected chi connectivity index (χ2v) is 10.7. The second kappa shape index (κ2) is 11.2. The molecule has 11 heteroatoms. The van der Waals surface area contributed by atoms with Crippen LogP contribution in [0.5, 0.6) is 0 Å². The van der Waals surface area contributed by atoms with Crippen LogP contribution in [0.2, 0.25) is 4.34 Å². The molecule has 2 N–H and O–H groups in total. The Morgan fingerprint density at radius 3 is 2.57 bits per heavy atom. The Kier molecular flexibility index (Phi) is 8.52. The van der Waals surface area contributed by atoms with Crippen LogP contribution >= 0.6 is 22.9 Å². The summed E-state index contributed by atoms with van der Waals surface area (Å²) in [6.45, 7) is 7.90. The molecule has 0 radical (unpaired) electrons. The van der Waals surface area contributed by atoms with Crippen molar-refractivity contribution in [3.05, 3.63) is 45.1 Å². The average Bonchev–Trinajstić information content (AvgIpc) is 3.19. The molecule has 1 aromatic heterocycles. The number of benzene rings is 1. The van der Waals surface area contributed by atoms with Crippen molar-refractivity contribution < 1.29 is 28.7 Å².